The van der Waals surface area contributed by atoms with E-state index in [1.807, 2.05) is 43.3 Å². The van der Waals surface area contributed by atoms with E-state index in [-0.39, 0.29) is 5.91 Å². The van der Waals surface area contributed by atoms with Gasteiger partial charge in [0, 0.05) is 43.5 Å². The number of nitrogens with zero attached hydrogens (tertiary/aromatic N) is 2. The fourth-order valence-corrected chi connectivity index (χ4v) is 2.96. The summed E-state index contributed by atoms with van der Waals surface area (Å²) in [6.07, 6.45) is 3.89. The van der Waals surface area contributed by atoms with Crippen LogP contribution in [0.2, 0.25) is 0 Å². The molecule has 1 aromatic carbocycles. The smallest absolute Gasteiger partial charge is 0.224 e. The Labute approximate surface area is 165 Å². The standard InChI is InChI=1S/C21H27N5O2/c1-2-22-21(24-12-10-17-5-3-4-11-23-17)25-13-14-28-18-7-8-19-16(15-18)6-9-20(27)26-19/h3-5,7-8,11,15H,2,6,9-10,12-14H2,1H3,(H,26,27)(H2,22,24,25). The van der Waals surface area contributed by atoms with E-state index < -0.39 is 0 Å². The molecule has 0 atom stereocenters. The van der Waals surface area contributed by atoms with Gasteiger partial charge in [-0.25, -0.2) is 0 Å². The van der Waals surface area contributed by atoms with E-state index in [2.05, 4.69) is 25.9 Å². The van der Waals surface area contributed by atoms with Crippen molar-refractivity contribution < 1.29 is 9.53 Å². The summed E-state index contributed by atoms with van der Waals surface area (Å²) in [7, 11) is 0. The van der Waals surface area contributed by atoms with Crippen molar-refractivity contribution in [1.29, 1.82) is 0 Å². The minimum Gasteiger partial charge on any atom is -0.492 e. The van der Waals surface area contributed by atoms with E-state index in [4.69, 9.17) is 4.74 Å². The first-order chi connectivity index (χ1) is 13.7. The Morgan fingerprint density at radius 2 is 2.18 bits per heavy atom. The van der Waals surface area contributed by atoms with Gasteiger partial charge in [-0.2, -0.15) is 0 Å². The van der Waals surface area contributed by atoms with Gasteiger partial charge >= 0.3 is 0 Å². The van der Waals surface area contributed by atoms with E-state index in [0.29, 0.717) is 26.1 Å². The third kappa shape index (κ3) is 5.97. The number of carbonyl (C=O) groups is 1. The van der Waals surface area contributed by atoms with E-state index in [1.165, 1.54) is 0 Å². The Kier molecular flexibility index (Phi) is 7.23. The number of guanidine groups is 1. The quantitative estimate of drug-likeness (QED) is 0.370. The molecule has 7 heteroatoms. The summed E-state index contributed by atoms with van der Waals surface area (Å²) in [6.45, 7) is 4.67. The highest BCUT2D eigenvalue weighted by Gasteiger charge is 2.14. The highest BCUT2D eigenvalue weighted by Crippen LogP contribution is 2.26. The number of benzene rings is 1. The molecule has 1 aromatic heterocycles. The summed E-state index contributed by atoms with van der Waals surface area (Å²) in [5.41, 5.74) is 3.04. The molecule has 0 unspecified atom stereocenters. The van der Waals surface area contributed by atoms with E-state index in [9.17, 15) is 4.79 Å². The monoisotopic (exact) mass is 381 g/mol. The van der Waals surface area contributed by atoms with Gasteiger partial charge in [-0.05, 0) is 49.2 Å². The number of ether oxygens (including phenoxy) is 1. The highest BCUT2D eigenvalue weighted by molar-refractivity contribution is 5.94. The third-order valence-corrected chi connectivity index (χ3v) is 4.34. The van der Waals surface area contributed by atoms with Crippen molar-refractivity contribution in [3.8, 4) is 5.75 Å². The zero-order chi connectivity index (χ0) is 19.6. The molecular formula is C21H27N5O2. The zero-order valence-corrected chi connectivity index (χ0v) is 16.2. The minimum atomic E-state index is 0.0728. The van der Waals surface area contributed by atoms with E-state index in [1.54, 1.807) is 6.20 Å². The lowest BCUT2D eigenvalue weighted by Gasteiger charge is -2.18. The molecule has 2 aromatic rings. The number of amides is 1. The second kappa shape index (κ2) is 10.3. The maximum Gasteiger partial charge on any atom is 0.224 e. The van der Waals surface area contributed by atoms with Crippen molar-refractivity contribution in [2.75, 3.05) is 31.6 Å². The molecule has 0 aliphatic carbocycles. The molecule has 0 radical (unpaired) electrons. The van der Waals surface area contributed by atoms with Crippen LogP contribution in [0.1, 0.15) is 24.6 Å². The van der Waals surface area contributed by atoms with Crippen LogP contribution >= 0.6 is 0 Å². The molecule has 1 aliphatic rings. The average Bonchev–Trinajstić information content (AvgIpc) is 2.72. The molecule has 2 heterocycles. The van der Waals surface area contributed by atoms with Gasteiger partial charge in [0.05, 0.1) is 6.54 Å². The van der Waals surface area contributed by atoms with Crippen LogP contribution in [0, 0.1) is 0 Å². The summed E-state index contributed by atoms with van der Waals surface area (Å²) >= 11 is 0. The molecule has 148 valence electrons. The second-order valence-corrected chi connectivity index (χ2v) is 6.47. The zero-order valence-electron chi connectivity index (χ0n) is 16.2. The lowest BCUT2D eigenvalue weighted by Crippen LogP contribution is -2.39. The number of carbonyl (C=O) groups excluding carboxylic acids is 1. The van der Waals surface area contributed by atoms with Gasteiger partial charge in [0.25, 0.3) is 0 Å². The van der Waals surface area contributed by atoms with Crippen LogP contribution < -0.4 is 20.7 Å². The molecule has 7 nitrogen and oxygen atoms in total. The van der Waals surface area contributed by atoms with E-state index >= 15 is 0 Å². The maximum absolute atomic E-state index is 11.4. The first-order valence-electron chi connectivity index (χ1n) is 9.72. The summed E-state index contributed by atoms with van der Waals surface area (Å²) in [5, 5.41) is 9.40. The SMILES string of the molecule is CCNC(=NCCc1ccccn1)NCCOc1ccc2c(c1)CCC(=O)N2. The number of hydrogen-bond donors (Lipinski definition) is 3. The lowest BCUT2D eigenvalue weighted by molar-refractivity contribution is -0.116. The van der Waals surface area contributed by atoms with Crippen LogP contribution in [0.25, 0.3) is 0 Å². The van der Waals surface area contributed by atoms with Crippen LogP contribution in [-0.4, -0.2) is 43.1 Å². The fraction of sp³-hybridized carbons (Fsp3) is 0.381. The number of pyridine rings is 1. The number of fused-ring (bicyclic) bond motifs is 1. The molecule has 1 aliphatic heterocycles. The normalized spacial score (nSPS) is 13.5. The van der Waals surface area contributed by atoms with Crippen LogP contribution in [0.3, 0.4) is 0 Å². The first-order valence-corrected chi connectivity index (χ1v) is 9.72. The third-order valence-electron chi connectivity index (χ3n) is 4.34. The Bertz CT molecular complexity index is 808. The minimum absolute atomic E-state index is 0.0728. The number of aliphatic imine (C=N–C) groups is 1. The van der Waals surface area contributed by atoms with Crippen molar-refractivity contribution in [2.24, 2.45) is 4.99 Å². The molecule has 0 fully saturated rings. The summed E-state index contributed by atoms with van der Waals surface area (Å²) < 4.78 is 5.83. The van der Waals surface area contributed by atoms with E-state index in [0.717, 1.165) is 48.0 Å². The second-order valence-electron chi connectivity index (χ2n) is 6.47. The number of aryl methyl sites for hydroxylation is 1. The molecule has 0 saturated carbocycles. The molecular weight excluding hydrogens is 354 g/mol. The fourth-order valence-electron chi connectivity index (χ4n) is 2.96. The predicted molar refractivity (Wildman–Crippen MR) is 111 cm³/mol. The highest BCUT2D eigenvalue weighted by atomic mass is 16.5. The molecule has 0 saturated heterocycles. The van der Waals surface area contributed by atoms with Crippen molar-refractivity contribution in [1.82, 2.24) is 15.6 Å². The van der Waals surface area contributed by atoms with Crippen molar-refractivity contribution in [3.63, 3.8) is 0 Å². The van der Waals surface area contributed by atoms with Crippen LogP contribution in [0.4, 0.5) is 5.69 Å². The van der Waals surface area contributed by atoms with Gasteiger partial charge in [0.2, 0.25) is 5.91 Å². The molecule has 1 amide bonds. The van der Waals surface area contributed by atoms with Crippen molar-refractivity contribution in [2.45, 2.75) is 26.2 Å². The molecule has 28 heavy (non-hydrogen) atoms. The predicted octanol–water partition coefficient (Wildman–Crippen LogP) is 2.14. The van der Waals surface area contributed by atoms with Crippen molar-refractivity contribution in [3.05, 3.63) is 53.9 Å². The van der Waals surface area contributed by atoms with Crippen LogP contribution in [0.5, 0.6) is 5.75 Å². The maximum atomic E-state index is 11.4. The Morgan fingerprint density at radius 3 is 3.00 bits per heavy atom. The summed E-state index contributed by atoms with van der Waals surface area (Å²) in [6, 6.07) is 11.7. The number of rotatable bonds is 8. The molecule has 0 bridgehead atoms. The van der Waals surface area contributed by atoms with Crippen LogP contribution in [0.15, 0.2) is 47.6 Å². The number of aromatic nitrogens is 1. The van der Waals surface area contributed by atoms with Gasteiger partial charge < -0.3 is 20.7 Å². The number of nitrogens with one attached hydrogen (secondary N) is 3. The Balaban J connectivity index is 1.43. The lowest BCUT2D eigenvalue weighted by atomic mass is 10.0. The van der Waals surface area contributed by atoms with Gasteiger partial charge in [-0.1, -0.05) is 6.07 Å². The van der Waals surface area contributed by atoms with Crippen molar-refractivity contribution >= 4 is 17.6 Å². The molecule has 3 N–H and O–H groups in total. The number of hydrogen-bond acceptors (Lipinski definition) is 4. The molecule has 0 spiro atoms. The van der Waals surface area contributed by atoms with Gasteiger partial charge in [0.1, 0.15) is 12.4 Å². The van der Waals surface area contributed by atoms with Crippen LogP contribution in [-0.2, 0) is 17.6 Å². The van der Waals surface area contributed by atoms with Gasteiger partial charge in [-0.15, -0.1) is 0 Å². The number of anilines is 1. The van der Waals surface area contributed by atoms with Gasteiger partial charge in [-0.3, -0.25) is 14.8 Å². The Hall–Kier alpha value is -3.09. The first kappa shape index (κ1) is 19.7. The van der Waals surface area contributed by atoms with Gasteiger partial charge in [0.15, 0.2) is 5.96 Å². The largest absolute Gasteiger partial charge is 0.492 e. The summed E-state index contributed by atoms with van der Waals surface area (Å²) in [4.78, 5) is 20.3. The summed E-state index contributed by atoms with van der Waals surface area (Å²) in [5.74, 6) is 1.66. The topological polar surface area (TPSA) is 87.6 Å². The average molecular weight is 381 g/mol. The molecule has 3 rings (SSSR count). The Morgan fingerprint density at radius 1 is 1.25 bits per heavy atom.